The summed E-state index contributed by atoms with van der Waals surface area (Å²) in [5.74, 6) is 0. The Hall–Kier alpha value is -4.20. The molecule has 3 N–H and O–H groups in total. The van der Waals surface area contributed by atoms with Crippen LogP contribution in [-0.2, 0) is 7.05 Å². The van der Waals surface area contributed by atoms with E-state index in [9.17, 15) is 9.59 Å². The summed E-state index contributed by atoms with van der Waals surface area (Å²) < 4.78 is 1.73. The zero-order chi connectivity index (χ0) is 20.0. The van der Waals surface area contributed by atoms with Gasteiger partial charge >= 0.3 is 0 Å². The first-order valence-corrected chi connectivity index (χ1v) is 8.99. The molecule has 0 amide bonds. The number of aromatic nitrogens is 6. The molecule has 8 heteroatoms. The standard InChI is InChI=1S/C21H16N6O2/c1-27-11-13(10-23-27)19-14-4-2-3-5-16(14)24-20(19)15-8-17(25-26-21(15)29)12-6-7-18(28)22-9-12/h2-11,24H,1H3,(H,22,28)(H,26,29). The summed E-state index contributed by atoms with van der Waals surface area (Å²) in [5.41, 5.74) is 4.60. The summed E-state index contributed by atoms with van der Waals surface area (Å²) in [7, 11) is 1.85. The van der Waals surface area contributed by atoms with Gasteiger partial charge in [-0.05, 0) is 18.2 Å². The first-order valence-electron chi connectivity index (χ1n) is 8.99. The van der Waals surface area contributed by atoms with Gasteiger partial charge in [-0.15, -0.1) is 0 Å². The highest BCUT2D eigenvalue weighted by Crippen LogP contribution is 2.37. The third-order valence-corrected chi connectivity index (χ3v) is 4.85. The van der Waals surface area contributed by atoms with E-state index in [-0.39, 0.29) is 11.1 Å². The van der Waals surface area contributed by atoms with Gasteiger partial charge in [-0.3, -0.25) is 14.3 Å². The molecule has 29 heavy (non-hydrogen) atoms. The molecule has 0 fully saturated rings. The van der Waals surface area contributed by atoms with Gasteiger partial charge in [0.15, 0.2) is 0 Å². The van der Waals surface area contributed by atoms with Crippen LogP contribution in [0.5, 0.6) is 0 Å². The van der Waals surface area contributed by atoms with E-state index in [2.05, 4.69) is 25.3 Å². The molecule has 8 nitrogen and oxygen atoms in total. The average molecular weight is 384 g/mol. The molecule has 0 bridgehead atoms. The van der Waals surface area contributed by atoms with Gasteiger partial charge in [0.25, 0.3) is 5.56 Å². The summed E-state index contributed by atoms with van der Waals surface area (Å²) in [5, 5.41) is 12.0. The maximum atomic E-state index is 12.7. The van der Waals surface area contributed by atoms with Crippen molar-refractivity contribution in [2.24, 2.45) is 7.05 Å². The van der Waals surface area contributed by atoms with E-state index >= 15 is 0 Å². The molecule has 0 saturated carbocycles. The van der Waals surface area contributed by atoms with Crippen LogP contribution in [0.1, 0.15) is 0 Å². The van der Waals surface area contributed by atoms with Crippen molar-refractivity contribution in [3.05, 3.63) is 81.8 Å². The van der Waals surface area contributed by atoms with Gasteiger partial charge in [0.1, 0.15) is 0 Å². The van der Waals surface area contributed by atoms with Crippen LogP contribution in [0.4, 0.5) is 0 Å². The van der Waals surface area contributed by atoms with Crippen molar-refractivity contribution in [3.63, 3.8) is 0 Å². The summed E-state index contributed by atoms with van der Waals surface area (Å²) in [6, 6.07) is 12.7. The highest BCUT2D eigenvalue weighted by Gasteiger charge is 2.19. The summed E-state index contributed by atoms with van der Waals surface area (Å²) in [6.45, 7) is 0. The van der Waals surface area contributed by atoms with Gasteiger partial charge in [-0.1, -0.05) is 18.2 Å². The zero-order valence-corrected chi connectivity index (χ0v) is 15.4. The number of pyridine rings is 1. The van der Waals surface area contributed by atoms with E-state index in [0.717, 1.165) is 22.0 Å². The Kier molecular flexibility index (Phi) is 3.77. The number of rotatable bonds is 3. The fourth-order valence-corrected chi connectivity index (χ4v) is 3.50. The van der Waals surface area contributed by atoms with Gasteiger partial charge < -0.3 is 9.97 Å². The lowest BCUT2D eigenvalue weighted by Gasteiger charge is -2.05. The van der Waals surface area contributed by atoms with Gasteiger partial charge in [0.05, 0.1) is 23.1 Å². The minimum absolute atomic E-state index is 0.201. The average Bonchev–Trinajstić information content (AvgIpc) is 3.32. The fraction of sp³-hybridized carbons (Fsp3) is 0.0476. The molecule has 142 valence electrons. The molecule has 0 unspecified atom stereocenters. The molecule has 5 rings (SSSR count). The monoisotopic (exact) mass is 384 g/mol. The summed E-state index contributed by atoms with van der Waals surface area (Å²) >= 11 is 0. The van der Waals surface area contributed by atoms with E-state index in [1.165, 1.54) is 6.07 Å². The van der Waals surface area contributed by atoms with Crippen LogP contribution < -0.4 is 11.1 Å². The van der Waals surface area contributed by atoms with Crippen molar-refractivity contribution >= 4 is 10.9 Å². The lowest BCUT2D eigenvalue weighted by atomic mass is 10.0. The number of hydrogen-bond acceptors (Lipinski definition) is 4. The largest absolute Gasteiger partial charge is 0.354 e. The normalized spacial score (nSPS) is 11.2. The predicted molar refractivity (Wildman–Crippen MR) is 110 cm³/mol. The van der Waals surface area contributed by atoms with Crippen LogP contribution in [0, 0.1) is 0 Å². The van der Waals surface area contributed by atoms with Crippen molar-refractivity contribution in [2.75, 3.05) is 0 Å². The van der Waals surface area contributed by atoms with Gasteiger partial charge in [-0.2, -0.15) is 10.2 Å². The lowest BCUT2D eigenvalue weighted by molar-refractivity contribution is 0.768. The number of benzene rings is 1. The molecule has 1 aromatic carbocycles. The lowest BCUT2D eigenvalue weighted by Crippen LogP contribution is -2.12. The highest BCUT2D eigenvalue weighted by molar-refractivity contribution is 6.03. The quantitative estimate of drug-likeness (QED) is 0.444. The van der Waals surface area contributed by atoms with Crippen molar-refractivity contribution in [1.82, 2.24) is 29.9 Å². The van der Waals surface area contributed by atoms with E-state index in [1.807, 2.05) is 37.5 Å². The molecule has 0 aliphatic carbocycles. The topological polar surface area (TPSA) is 112 Å². The van der Waals surface area contributed by atoms with E-state index in [0.29, 0.717) is 22.5 Å². The molecule has 0 saturated heterocycles. The Bertz CT molecular complexity index is 1450. The first kappa shape index (κ1) is 16.9. The van der Waals surface area contributed by atoms with E-state index in [4.69, 9.17) is 0 Å². The number of H-pyrrole nitrogens is 3. The van der Waals surface area contributed by atoms with Crippen molar-refractivity contribution in [3.8, 4) is 33.6 Å². The number of hydrogen-bond donors (Lipinski definition) is 3. The van der Waals surface area contributed by atoms with Crippen LogP contribution in [-0.4, -0.2) is 29.9 Å². The number of nitrogens with zero attached hydrogens (tertiary/aromatic N) is 3. The second kappa shape index (κ2) is 6.45. The summed E-state index contributed by atoms with van der Waals surface area (Å²) in [6.07, 6.45) is 5.26. The fourth-order valence-electron chi connectivity index (χ4n) is 3.50. The minimum Gasteiger partial charge on any atom is -0.354 e. The Balaban J connectivity index is 1.78. The number of aromatic amines is 3. The molecule has 5 aromatic rings. The molecule has 0 spiro atoms. The molecule has 0 aliphatic heterocycles. The Morgan fingerprint density at radius 1 is 1.03 bits per heavy atom. The predicted octanol–water partition coefficient (Wildman–Crippen LogP) is 2.67. The molecule has 0 aliphatic rings. The third-order valence-electron chi connectivity index (χ3n) is 4.85. The molecular formula is C21H16N6O2. The zero-order valence-electron chi connectivity index (χ0n) is 15.4. The van der Waals surface area contributed by atoms with Crippen molar-refractivity contribution in [2.45, 2.75) is 0 Å². The Morgan fingerprint density at radius 3 is 2.66 bits per heavy atom. The first-order chi connectivity index (χ1) is 14.1. The second-order valence-electron chi connectivity index (χ2n) is 6.76. The summed E-state index contributed by atoms with van der Waals surface area (Å²) in [4.78, 5) is 30.1. The minimum atomic E-state index is -0.310. The number of para-hydroxylation sites is 1. The molecule has 0 atom stereocenters. The van der Waals surface area contributed by atoms with Crippen LogP contribution in [0.3, 0.4) is 0 Å². The van der Waals surface area contributed by atoms with E-state index < -0.39 is 0 Å². The highest BCUT2D eigenvalue weighted by atomic mass is 16.1. The molecule has 0 radical (unpaired) electrons. The smallest absolute Gasteiger partial charge is 0.273 e. The Morgan fingerprint density at radius 2 is 1.90 bits per heavy atom. The number of nitrogens with one attached hydrogen (secondary N) is 3. The van der Waals surface area contributed by atoms with Crippen LogP contribution in [0.2, 0.25) is 0 Å². The Labute approximate surface area is 163 Å². The number of aryl methyl sites for hydroxylation is 1. The van der Waals surface area contributed by atoms with Gasteiger partial charge in [-0.25, -0.2) is 5.10 Å². The van der Waals surface area contributed by atoms with Crippen LogP contribution in [0.25, 0.3) is 44.5 Å². The maximum Gasteiger partial charge on any atom is 0.273 e. The van der Waals surface area contributed by atoms with Crippen LogP contribution in [0.15, 0.2) is 70.6 Å². The second-order valence-corrected chi connectivity index (χ2v) is 6.76. The number of fused-ring (bicyclic) bond motifs is 1. The molecule has 4 aromatic heterocycles. The van der Waals surface area contributed by atoms with Crippen LogP contribution >= 0.6 is 0 Å². The molecule has 4 heterocycles. The maximum absolute atomic E-state index is 12.7. The van der Waals surface area contributed by atoms with Crippen molar-refractivity contribution in [1.29, 1.82) is 0 Å². The van der Waals surface area contributed by atoms with Crippen molar-refractivity contribution < 1.29 is 0 Å². The van der Waals surface area contributed by atoms with Gasteiger partial charge in [0.2, 0.25) is 5.56 Å². The molecular weight excluding hydrogens is 368 g/mol. The van der Waals surface area contributed by atoms with E-state index in [1.54, 1.807) is 29.2 Å². The SMILES string of the molecule is Cn1cc(-c2c(-c3cc(-c4ccc(=O)[nH]c4)n[nH]c3=O)[nH]c3ccccc23)cn1. The third kappa shape index (κ3) is 2.87. The van der Waals surface area contributed by atoms with Gasteiger partial charge in [0, 0.05) is 53.1 Å².